The van der Waals surface area contributed by atoms with Gasteiger partial charge in [-0.1, -0.05) is 36.7 Å². The molecule has 0 unspecified atom stereocenters. The lowest BCUT2D eigenvalue weighted by Crippen LogP contribution is -2.26. The topological polar surface area (TPSA) is 32.6 Å². The third-order valence-corrected chi connectivity index (χ3v) is 3.28. The van der Waals surface area contributed by atoms with Gasteiger partial charge in [0, 0.05) is 5.92 Å². The van der Waals surface area contributed by atoms with Crippen molar-refractivity contribution in [2.45, 2.75) is 40.5 Å². The molecule has 1 aliphatic rings. The lowest BCUT2D eigenvalue weighted by molar-refractivity contribution is 0.255. The van der Waals surface area contributed by atoms with E-state index < -0.39 is 0 Å². The molecular weight excluding hydrogens is 186 g/mol. The van der Waals surface area contributed by atoms with Gasteiger partial charge in [0.15, 0.2) is 0 Å². The Bertz CT molecular complexity index is 310. The van der Waals surface area contributed by atoms with Crippen molar-refractivity contribution in [2.24, 2.45) is 16.5 Å². The Labute approximate surface area is 92.4 Å². The van der Waals surface area contributed by atoms with E-state index in [4.69, 9.17) is 5.21 Å². The van der Waals surface area contributed by atoms with Crippen molar-refractivity contribution in [1.29, 1.82) is 0 Å². The highest BCUT2D eigenvalue weighted by atomic mass is 16.4. The third-order valence-electron chi connectivity index (χ3n) is 3.28. The monoisotopic (exact) mass is 207 g/mol. The van der Waals surface area contributed by atoms with Crippen LogP contribution >= 0.6 is 0 Å². The van der Waals surface area contributed by atoms with E-state index in [9.17, 15) is 0 Å². The van der Waals surface area contributed by atoms with Crippen molar-refractivity contribution in [2.75, 3.05) is 0 Å². The molecule has 1 N–H and O–H groups in total. The van der Waals surface area contributed by atoms with Gasteiger partial charge in [0.25, 0.3) is 0 Å². The molecular formula is C13H21NO. The summed E-state index contributed by atoms with van der Waals surface area (Å²) in [4.78, 5) is 0. The first-order valence-corrected chi connectivity index (χ1v) is 5.51. The molecule has 0 radical (unpaired) electrons. The highest BCUT2D eigenvalue weighted by Crippen LogP contribution is 2.41. The van der Waals surface area contributed by atoms with E-state index in [0.29, 0.717) is 17.0 Å². The predicted octanol–water partition coefficient (Wildman–Crippen LogP) is 3.78. The molecule has 0 bridgehead atoms. The molecule has 0 saturated heterocycles. The molecule has 15 heavy (non-hydrogen) atoms. The molecule has 0 aromatic heterocycles. The fraction of sp³-hybridized carbons (Fsp3) is 0.615. The molecule has 1 atom stereocenters. The molecule has 2 heteroatoms. The predicted molar refractivity (Wildman–Crippen MR) is 64.3 cm³/mol. The zero-order chi connectivity index (χ0) is 11.5. The first-order chi connectivity index (χ1) is 6.97. The van der Waals surface area contributed by atoms with Gasteiger partial charge in [-0.2, -0.15) is 0 Å². The summed E-state index contributed by atoms with van der Waals surface area (Å²) in [6, 6.07) is 0. The average molecular weight is 207 g/mol. The summed E-state index contributed by atoms with van der Waals surface area (Å²) in [7, 11) is 0. The maximum absolute atomic E-state index is 8.58. The van der Waals surface area contributed by atoms with Crippen LogP contribution in [-0.4, -0.2) is 10.9 Å². The Morgan fingerprint density at radius 3 is 2.80 bits per heavy atom. The lowest BCUT2D eigenvalue weighted by Gasteiger charge is -2.36. The minimum atomic E-state index is 0.311. The first-order valence-electron chi connectivity index (χ1n) is 5.51. The Morgan fingerprint density at radius 2 is 2.27 bits per heavy atom. The molecule has 2 nitrogen and oxygen atoms in total. The Kier molecular flexibility index (Phi) is 3.72. The fourth-order valence-corrected chi connectivity index (χ4v) is 2.25. The molecule has 1 rings (SSSR count). The van der Waals surface area contributed by atoms with E-state index in [1.165, 1.54) is 18.4 Å². The van der Waals surface area contributed by atoms with Crippen molar-refractivity contribution >= 4 is 5.71 Å². The molecule has 0 amide bonds. The van der Waals surface area contributed by atoms with E-state index in [1.54, 1.807) is 6.92 Å². The van der Waals surface area contributed by atoms with Crippen molar-refractivity contribution in [1.82, 2.24) is 0 Å². The van der Waals surface area contributed by atoms with Crippen LogP contribution in [0.3, 0.4) is 0 Å². The molecule has 0 fully saturated rings. The van der Waals surface area contributed by atoms with Gasteiger partial charge in [0.05, 0.1) is 5.71 Å². The highest BCUT2D eigenvalue weighted by Gasteiger charge is 2.30. The summed E-state index contributed by atoms with van der Waals surface area (Å²) in [5, 5.41) is 11.7. The summed E-state index contributed by atoms with van der Waals surface area (Å²) in [6.07, 6.45) is 8.76. The summed E-state index contributed by atoms with van der Waals surface area (Å²) in [5.74, 6) is 0.461. The van der Waals surface area contributed by atoms with Crippen molar-refractivity contribution in [3.8, 4) is 0 Å². The number of nitrogens with zero attached hydrogens (tertiary/aromatic N) is 1. The minimum absolute atomic E-state index is 0.311. The van der Waals surface area contributed by atoms with Crippen LogP contribution in [0.2, 0.25) is 0 Å². The van der Waals surface area contributed by atoms with Gasteiger partial charge in [0.1, 0.15) is 0 Å². The zero-order valence-electron chi connectivity index (χ0n) is 10.1. The smallest absolute Gasteiger partial charge is 0.0761 e. The maximum Gasteiger partial charge on any atom is 0.0761 e. The van der Waals surface area contributed by atoms with Crippen LogP contribution < -0.4 is 0 Å². The summed E-state index contributed by atoms with van der Waals surface area (Å²) in [5.41, 5.74) is 2.39. The van der Waals surface area contributed by atoms with Crippen molar-refractivity contribution < 1.29 is 5.21 Å². The van der Waals surface area contributed by atoms with Crippen LogP contribution in [0.1, 0.15) is 40.5 Å². The standard InChI is InChI=1S/C13H21NO/c1-10-6-5-9-13(3,4)12(10)8-7-11(2)14-15/h6-8,12,15H,5,9H2,1-4H3/b8-7+,14-11-/t12-/m0/s1. The van der Waals surface area contributed by atoms with Gasteiger partial charge in [0.2, 0.25) is 0 Å². The molecule has 0 heterocycles. The van der Waals surface area contributed by atoms with Gasteiger partial charge in [-0.05, 0) is 38.2 Å². The summed E-state index contributed by atoms with van der Waals surface area (Å²) < 4.78 is 0. The molecule has 0 aliphatic heterocycles. The van der Waals surface area contributed by atoms with E-state index in [-0.39, 0.29) is 0 Å². The second-order valence-electron chi connectivity index (χ2n) is 5.05. The van der Waals surface area contributed by atoms with Crippen LogP contribution in [0.4, 0.5) is 0 Å². The van der Waals surface area contributed by atoms with Crippen LogP contribution in [0.15, 0.2) is 29.0 Å². The number of oxime groups is 1. The van der Waals surface area contributed by atoms with Crippen LogP contribution in [0.5, 0.6) is 0 Å². The van der Waals surface area contributed by atoms with Crippen LogP contribution in [-0.2, 0) is 0 Å². The second-order valence-corrected chi connectivity index (χ2v) is 5.05. The average Bonchev–Trinajstić information content (AvgIpc) is 2.15. The van der Waals surface area contributed by atoms with Gasteiger partial charge in [-0.25, -0.2) is 0 Å². The van der Waals surface area contributed by atoms with Crippen molar-refractivity contribution in [3.63, 3.8) is 0 Å². The molecule has 0 spiro atoms. The Balaban J connectivity index is 2.86. The second kappa shape index (κ2) is 4.65. The van der Waals surface area contributed by atoms with Crippen molar-refractivity contribution in [3.05, 3.63) is 23.8 Å². The van der Waals surface area contributed by atoms with Crippen LogP contribution in [0, 0.1) is 11.3 Å². The van der Waals surface area contributed by atoms with Gasteiger partial charge in [-0.15, -0.1) is 0 Å². The molecule has 1 aliphatic carbocycles. The number of hydrogen-bond acceptors (Lipinski definition) is 2. The number of rotatable bonds is 2. The maximum atomic E-state index is 8.58. The number of hydrogen-bond donors (Lipinski definition) is 1. The van der Waals surface area contributed by atoms with E-state index in [0.717, 1.165) is 0 Å². The summed E-state index contributed by atoms with van der Waals surface area (Å²) >= 11 is 0. The van der Waals surface area contributed by atoms with Crippen LogP contribution in [0.25, 0.3) is 0 Å². The van der Waals surface area contributed by atoms with E-state index >= 15 is 0 Å². The zero-order valence-corrected chi connectivity index (χ0v) is 10.1. The fourth-order valence-electron chi connectivity index (χ4n) is 2.25. The Morgan fingerprint density at radius 1 is 1.60 bits per heavy atom. The highest BCUT2D eigenvalue weighted by molar-refractivity contribution is 5.92. The first kappa shape index (κ1) is 12.0. The molecule has 0 aromatic carbocycles. The van der Waals surface area contributed by atoms with Gasteiger partial charge < -0.3 is 5.21 Å². The summed E-state index contributed by atoms with van der Waals surface area (Å²) in [6.45, 7) is 8.57. The normalized spacial score (nSPS) is 26.8. The number of allylic oxidation sites excluding steroid dienone is 4. The lowest BCUT2D eigenvalue weighted by atomic mass is 9.68. The SMILES string of the molecule is CC1=CCCC(C)(C)[C@H]1/C=C/C(C)=N\O. The molecule has 0 aromatic rings. The molecule has 84 valence electrons. The van der Waals surface area contributed by atoms with Gasteiger partial charge in [-0.3, -0.25) is 0 Å². The minimum Gasteiger partial charge on any atom is -0.411 e. The van der Waals surface area contributed by atoms with E-state index in [1.807, 2.05) is 6.08 Å². The third kappa shape index (κ3) is 2.95. The van der Waals surface area contributed by atoms with E-state index in [2.05, 4.69) is 38.1 Å². The largest absolute Gasteiger partial charge is 0.411 e. The van der Waals surface area contributed by atoms with Gasteiger partial charge >= 0.3 is 0 Å². The quantitative estimate of drug-likeness (QED) is 0.318. The Hall–Kier alpha value is -1.05. The molecule has 0 saturated carbocycles.